The topological polar surface area (TPSA) is 47.9 Å². The van der Waals surface area contributed by atoms with E-state index in [2.05, 4.69) is 0 Å². The Labute approximate surface area is 140 Å². The molecule has 0 saturated heterocycles. The highest BCUT2D eigenvalue weighted by Gasteiger charge is 2.10. The van der Waals surface area contributed by atoms with Gasteiger partial charge in [0.2, 0.25) is 0 Å². The van der Waals surface area contributed by atoms with Crippen LogP contribution in [0.1, 0.15) is 27.7 Å². The third-order valence-electron chi connectivity index (χ3n) is 2.40. The van der Waals surface area contributed by atoms with Crippen molar-refractivity contribution in [2.45, 2.75) is 39.9 Å². The average molecular weight is 336 g/mol. The summed E-state index contributed by atoms with van der Waals surface area (Å²) >= 11 is 0. The van der Waals surface area contributed by atoms with Crippen LogP contribution in [0, 0.1) is 0 Å². The second-order valence-corrected chi connectivity index (χ2v) is 6.12. The van der Waals surface area contributed by atoms with Crippen LogP contribution in [-0.2, 0) is 4.74 Å². The molecule has 126 valence electrons. The fourth-order valence-electron chi connectivity index (χ4n) is 1.71. The normalized spacial score (nSPS) is 10.4. The van der Waals surface area contributed by atoms with Crippen LogP contribution in [0.3, 0.4) is 0 Å². The molecule has 0 fully saturated rings. The van der Waals surface area contributed by atoms with E-state index in [0.29, 0.717) is 23.7 Å². The maximum atomic E-state index is 9.58. The lowest BCUT2D eigenvalue weighted by Crippen LogP contribution is -2.09. The Bertz CT molecular complexity index is 470. The number of hydrogen-bond donors (Lipinski definition) is 1. The Morgan fingerprint density at radius 1 is 0.696 bits per heavy atom. The Kier molecular flexibility index (Phi) is 9.30. The van der Waals surface area contributed by atoms with Crippen LogP contribution in [0.2, 0.25) is 0 Å². The van der Waals surface area contributed by atoms with Gasteiger partial charge in [-0.1, -0.05) is 36.4 Å². The molecule has 0 amide bonds. The number of benzene rings is 2. The van der Waals surface area contributed by atoms with Crippen LogP contribution >= 0.6 is 8.60 Å². The van der Waals surface area contributed by atoms with Gasteiger partial charge in [-0.05, 0) is 52.0 Å². The van der Waals surface area contributed by atoms with Gasteiger partial charge in [0.25, 0.3) is 0 Å². The molecule has 0 saturated carbocycles. The molecule has 4 nitrogen and oxygen atoms in total. The first-order chi connectivity index (χ1) is 11.0. The summed E-state index contributed by atoms with van der Waals surface area (Å²) in [5.74, 6) is 1.18. The van der Waals surface area contributed by atoms with E-state index in [1.54, 1.807) is 24.3 Å². The number of rotatable bonds is 6. The molecular weight excluding hydrogens is 311 g/mol. The zero-order valence-corrected chi connectivity index (χ0v) is 14.9. The van der Waals surface area contributed by atoms with E-state index in [0.717, 1.165) is 0 Å². The average Bonchev–Trinajstić information content (AvgIpc) is 2.48. The summed E-state index contributed by atoms with van der Waals surface area (Å²) < 4.78 is 15.7. The second-order valence-electron chi connectivity index (χ2n) is 5.28. The van der Waals surface area contributed by atoms with Gasteiger partial charge in [-0.25, -0.2) is 0 Å². The highest BCUT2D eigenvalue weighted by atomic mass is 31.2. The molecule has 0 bridgehead atoms. The van der Waals surface area contributed by atoms with Crippen molar-refractivity contribution < 1.29 is 18.7 Å². The molecule has 0 aliphatic carbocycles. The highest BCUT2D eigenvalue weighted by Crippen LogP contribution is 2.35. The minimum atomic E-state index is -1.93. The Balaban J connectivity index is 0.000000322. The van der Waals surface area contributed by atoms with Crippen LogP contribution in [0.25, 0.3) is 0 Å². The summed E-state index contributed by atoms with van der Waals surface area (Å²) in [5.41, 5.74) is 0. The molecule has 2 aromatic rings. The molecule has 2 aromatic carbocycles. The minimum Gasteiger partial charge on any atom is -0.418 e. The molecular formula is C18H25O4P. The van der Waals surface area contributed by atoms with E-state index in [9.17, 15) is 4.89 Å². The van der Waals surface area contributed by atoms with Crippen molar-refractivity contribution in [1.29, 1.82) is 0 Å². The van der Waals surface area contributed by atoms with E-state index in [4.69, 9.17) is 13.8 Å². The molecule has 0 aliphatic rings. The number of hydrogen-bond acceptors (Lipinski definition) is 4. The standard InChI is InChI=1S/C12H11O3P.C6H14O/c13-16(14-11-7-3-1-4-8-11)15-12-9-5-2-6-10-12;1-5(2)7-6(3)4/h1-10,13H;5-6H,1-4H3. The molecule has 1 N–H and O–H groups in total. The Morgan fingerprint density at radius 3 is 1.30 bits per heavy atom. The minimum absolute atomic E-state index is 0.375. The van der Waals surface area contributed by atoms with E-state index in [1.807, 2.05) is 64.1 Å². The van der Waals surface area contributed by atoms with Crippen LogP contribution in [-0.4, -0.2) is 17.1 Å². The third kappa shape index (κ3) is 9.90. The molecule has 0 aromatic heterocycles. The van der Waals surface area contributed by atoms with Crippen molar-refractivity contribution in [1.82, 2.24) is 0 Å². The van der Waals surface area contributed by atoms with Crippen LogP contribution in [0.5, 0.6) is 11.5 Å². The lowest BCUT2D eigenvalue weighted by molar-refractivity contribution is 0.0300. The summed E-state index contributed by atoms with van der Waals surface area (Å²) in [7, 11) is -1.93. The molecule has 0 unspecified atom stereocenters. The van der Waals surface area contributed by atoms with Crippen LogP contribution in [0.15, 0.2) is 60.7 Å². The second kappa shape index (κ2) is 11.0. The van der Waals surface area contributed by atoms with Crippen LogP contribution < -0.4 is 9.05 Å². The van der Waals surface area contributed by atoms with Gasteiger partial charge in [0.15, 0.2) is 0 Å². The van der Waals surface area contributed by atoms with Gasteiger partial charge < -0.3 is 18.7 Å². The molecule has 0 atom stereocenters. The summed E-state index contributed by atoms with van der Waals surface area (Å²) in [6, 6.07) is 18.2. The quantitative estimate of drug-likeness (QED) is 0.738. The number of ether oxygens (including phenoxy) is 1. The predicted octanol–water partition coefficient (Wildman–Crippen LogP) is 5.18. The van der Waals surface area contributed by atoms with Gasteiger partial charge in [0.05, 0.1) is 12.2 Å². The van der Waals surface area contributed by atoms with Crippen LogP contribution in [0.4, 0.5) is 0 Å². The van der Waals surface area contributed by atoms with E-state index < -0.39 is 8.60 Å². The lowest BCUT2D eigenvalue weighted by Gasteiger charge is -2.11. The SMILES string of the molecule is CC(C)OC(C)C.OP(Oc1ccccc1)Oc1ccccc1. The Morgan fingerprint density at radius 2 is 1.04 bits per heavy atom. The molecule has 23 heavy (non-hydrogen) atoms. The first kappa shape index (κ1) is 19.4. The summed E-state index contributed by atoms with van der Waals surface area (Å²) in [6.45, 7) is 8.17. The smallest absolute Gasteiger partial charge is 0.418 e. The zero-order valence-electron chi connectivity index (χ0n) is 14.0. The molecule has 0 spiro atoms. The molecule has 5 heteroatoms. The first-order valence-corrected chi connectivity index (χ1v) is 8.71. The molecule has 0 radical (unpaired) electrons. The van der Waals surface area contributed by atoms with Crippen molar-refractivity contribution >= 4 is 8.60 Å². The molecule has 0 aliphatic heterocycles. The maximum absolute atomic E-state index is 9.58. The highest BCUT2D eigenvalue weighted by molar-refractivity contribution is 7.41. The van der Waals surface area contributed by atoms with Crippen molar-refractivity contribution in [2.24, 2.45) is 0 Å². The lowest BCUT2D eigenvalue weighted by atomic mass is 10.3. The van der Waals surface area contributed by atoms with E-state index in [1.165, 1.54) is 0 Å². The van der Waals surface area contributed by atoms with E-state index in [-0.39, 0.29) is 0 Å². The maximum Gasteiger partial charge on any atom is 0.460 e. The largest absolute Gasteiger partial charge is 0.460 e. The van der Waals surface area contributed by atoms with Crippen molar-refractivity contribution in [3.63, 3.8) is 0 Å². The fourth-order valence-corrected chi connectivity index (χ4v) is 2.35. The summed E-state index contributed by atoms with van der Waals surface area (Å²) in [6.07, 6.45) is 0.750. The number of para-hydroxylation sites is 2. The van der Waals surface area contributed by atoms with Gasteiger partial charge in [0.1, 0.15) is 11.5 Å². The van der Waals surface area contributed by atoms with Gasteiger partial charge in [-0.3, -0.25) is 0 Å². The van der Waals surface area contributed by atoms with Gasteiger partial charge in [-0.15, -0.1) is 0 Å². The van der Waals surface area contributed by atoms with Gasteiger partial charge >= 0.3 is 8.60 Å². The van der Waals surface area contributed by atoms with E-state index >= 15 is 0 Å². The molecule has 2 rings (SSSR count). The van der Waals surface area contributed by atoms with Crippen molar-refractivity contribution in [3.8, 4) is 11.5 Å². The first-order valence-electron chi connectivity index (χ1n) is 7.58. The van der Waals surface area contributed by atoms with Crippen molar-refractivity contribution in [2.75, 3.05) is 0 Å². The third-order valence-corrected chi connectivity index (χ3v) is 3.13. The summed E-state index contributed by atoms with van der Waals surface area (Å²) in [5, 5.41) is 0. The predicted molar refractivity (Wildman–Crippen MR) is 94.6 cm³/mol. The summed E-state index contributed by atoms with van der Waals surface area (Å²) in [4.78, 5) is 9.58. The van der Waals surface area contributed by atoms with Crippen molar-refractivity contribution in [3.05, 3.63) is 60.7 Å². The molecule has 0 heterocycles. The zero-order chi connectivity index (χ0) is 17.1. The van der Waals surface area contributed by atoms with Gasteiger partial charge in [0, 0.05) is 0 Å². The monoisotopic (exact) mass is 336 g/mol. The van der Waals surface area contributed by atoms with Gasteiger partial charge in [-0.2, -0.15) is 0 Å². The Hall–Kier alpha value is -1.61. The fraction of sp³-hybridized carbons (Fsp3) is 0.333.